The second-order valence-electron chi connectivity index (χ2n) is 4.98. The van der Waals surface area contributed by atoms with Gasteiger partial charge in [0.2, 0.25) is 5.91 Å². The molecule has 0 aromatic carbocycles. The Morgan fingerprint density at radius 2 is 2.15 bits per heavy atom. The lowest BCUT2D eigenvalue weighted by atomic mass is 10.1. The Morgan fingerprint density at radius 3 is 2.70 bits per heavy atom. The number of amides is 1. The Labute approximate surface area is 120 Å². The van der Waals surface area contributed by atoms with Gasteiger partial charge in [0.15, 0.2) is 0 Å². The first-order valence-corrected chi connectivity index (χ1v) is 7.10. The predicted molar refractivity (Wildman–Crippen MR) is 78.4 cm³/mol. The summed E-state index contributed by atoms with van der Waals surface area (Å²) in [7, 11) is 1.65. The summed E-state index contributed by atoms with van der Waals surface area (Å²) in [5, 5.41) is 16.1. The summed E-state index contributed by atoms with van der Waals surface area (Å²) in [4.78, 5) is 13.7. The second kappa shape index (κ2) is 8.01. The lowest BCUT2D eigenvalue weighted by molar-refractivity contribution is -0.121. The topological polar surface area (TPSA) is 70.4 Å². The molecule has 20 heavy (non-hydrogen) atoms. The molecule has 0 atom stereocenters. The van der Waals surface area contributed by atoms with Gasteiger partial charge in [-0.3, -0.25) is 14.4 Å². The summed E-state index contributed by atoms with van der Waals surface area (Å²) < 4.78 is 1.83. The van der Waals surface area contributed by atoms with Gasteiger partial charge in [0, 0.05) is 24.8 Å². The van der Waals surface area contributed by atoms with Gasteiger partial charge in [0.05, 0.1) is 25.4 Å². The van der Waals surface area contributed by atoms with Gasteiger partial charge in [-0.15, -0.1) is 0 Å². The zero-order chi connectivity index (χ0) is 15.1. The van der Waals surface area contributed by atoms with Crippen molar-refractivity contribution in [1.29, 1.82) is 0 Å². The summed E-state index contributed by atoms with van der Waals surface area (Å²) in [6.07, 6.45) is 1.000. The van der Waals surface area contributed by atoms with Crippen molar-refractivity contribution < 1.29 is 9.90 Å². The molecular formula is C14H26N4O2. The van der Waals surface area contributed by atoms with Crippen LogP contribution in [0.25, 0.3) is 0 Å². The molecule has 6 nitrogen and oxygen atoms in total. The average molecular weight is 282 g/mol. The third-order valence-electron chi connectivity index (χ3n) is 3.41. The van der Waals surface area contributed by atoms with Crippen LogP contribution in [0.2, 0.25) is 0 Å². The molecule has 0 aliphatic rings. The van der Waals surface area contributed by atoms with Crippen molar-refractivity contribution >= 4 is 5.91 Å². The molecule has 1 aromatic heterocycles. The van der Waals surface area contributed by atoms with E-state index in [1.807, 2.05) is 18.5 Å². The predicted octanol–water partition coefficient (Wildman–Crippen LogP) is 0.450. The van der Waals surface area contributed by atoms with Crippen molar-refractivity contribution in [3.8, 4) is 0 Å². The normalized spacial score (nSPS) is 11.1. The zero-order valence-electron chi connectivity index (χ0n) is 12.9. The molecular weight excluding hydrogens is 256 g/mol. The lowest BCUT2D eigenvalue weighted by Gasteiger charge is -2.21. The van der Waals surface area contributed by atoms with Crippen LogP contribution in [0, 0.1) is 13.8 Å². The summed E-state index contributed by atoms with van der Waals surface area (Å²) >= 11 is 0. The fraction of sp³-hybridized carbons (Fsp3) is 0.714. The van der Waals surface area contributed by atoms with E-state index in [9.17, 15) is 4.79 Å². The standard InChI is InChI=1S/C14H26N4O2/c1-5-6-17(10-14(20)15-4)9-13-11(2)16-18(7-8-19)12(13)3/h19H,5-10H2,1-4H3,(H,15,20). The minimum Gasteiger partial charge on any atom is -0.394 e. The lowest BCUT2D eigenvalue weighted by Crippen LogP contribution is -2.35. The summed E-state index contributed by atoms with van der Waals surface area (Å²) in [5.41, 5.74) is 3.18. The maximum atomic E-state index is 11.6. The summed E-state index contributed by atoms with van der Waals surface area (Å²) in [6.45, 7) is 8.66. The smallest absolute Gasteiger partial charge is 0.233 e. The van der Waals surface area contributed by atoms with Gasteiger partial charge < -0.3 is 10.4 Å². The Bertz CT molecular complexity index is 443. The van der Waals surface area contributed by atoms with E-state index in [2.05, 4.69) is 22.2 Å². The third-order valence-corrected chi connectivity index (χ3v) is 3.41. The van der Waals surface area contributed by atoms with Gasteiger partial charge in [-0.25, -0.2) is 0 Å². The van der Waals surface area contributed by atoms with Crippen LogP contribution in [0.3, 0.4) is 0 Å². The minimum absolute atomic E-state index is 0.0245. The minimum atomic E-state index is 0.0245. The zero-order valence-corrected chi connectivity index (χ0v) is 12.9. The highest BCUT2D eigenvalue weighted by Gasteiger charge is 2.16. The third kappa shape index (κ3) is 4.31. The Morgan fingerprint density at radius 1 is 1.45 bits per heavy atom. The molecule has 1 heterocycles. The first-order chi connectivity index (χ1) is 9.53. The van der Waals surface area contributed by atoms with Crippen LogP contribution in [0.1, 0.15) is 30.3 Å². The first kappa shape index (κ1) is 16.7. The number of aliphatic hydroxyl groups excluding tert-OH is 1. The van der Waals surface area contributed by atoms with E-state index >= 15 is 0 Å². The van der Waals surface area contributed by atoms with Crippen LogP contribution in [-0.4, -0.2) is 52.4 Å². The van der Waals surface area contributed by atoms with E-state index in [0.29, 0.717) is 19.6 Å². The number of hydrogen-bond acceptors (Lipinski definition) is 4. The molecule has 114 valence electrons. The maximum absolute atomic E-state index is 11.6. The highest BCUT2D eigenvalue weighted by molar-refractivity contribution is 5.77. The van der Waals surface area contributed by atoms with Crippen LogP contribution in [0.5, 0.6) is 0 Å². The van der Waals surface area contributed by atoms with Crippen molar-refractivity contribution in [2.75, 3.05) is 26.7 Å². The van der Waals surface area contributed by atoms with E-state index < -0.39 is 0 Å². The number of hydrogen-bond donors (Lipinski definition) is 2. The fourth-order valence-corrected chi connectivity index (χ4v) is 2.31. The van der Waals surface area contributed by atoms with Crippen molar-refractivity contribution in [3.63, 3.8) is 0 Å². The van der Waals surface area contributed by atoms with Crippen LogP contribution < -0.4 is 5.32 Å². The highest BCUT2D eigenvalue weighted by Crippen LogP contribution is 2.15. The van der Waals surface area contributed by atoms with Crippen LogP contribution in [0.4, 0.5) is 0 Å². The SMILES string of the molecule is CCCN(CC(=O)NC)Cc1c(C)nn(CCO)c1C. The van der Waals surface area contributed by atoms with Gasteiger partial charge in [0.25, 0.3) is 0 Å². The van der Waals surface area contributed by atoms with Gasteiger partial charge in [-0.05, 0) is 26.8 Å². The van der Waals surface area contributed by atoms with E-state index in [1.54, 1.807) is 7.05 Å². The van der Waals surface area contributed by atoms with Crippen molar-refractivity contribution in [2.45, 2.75) is 40.3 Å². The molecule has 1 aromatic rings. The van der Waals surface area contributed by atoms with Gasteiger partial charge in [-0.2, -0.15) is 5.10 Å². The monoisotopic (exact) mass is 282 g/mol. The molecule has 0 bridgehead atoms. The largest absolute Gasteiger partial charge is 0.394 e. The number of aryl methyl sites for hydroxylation is 1. The van der Waals surface area contributed by atoms with Gasteiger partial charge >= 0.3 is 0 Å². The molecule has 2 N–H and O–H groups in total. The Kier molecular flexibility index (Phi) is 6.67. The van der Waals surface area contributed by atoms with Gasteiger partial charge in [-0.1, -0.05) is 6.92 Å². The van der Waals surface area contributed by atoms with Crippen LogP contribution >= 0.6 is 0 Å². The number of carbonyl (C=O) groups excluding carboxylic acids is 1. The quantitative estimate of drug-likeness (QED) is 0.726. The number of nitrogens with zero attached hydrogens (tertiary/aromatic N) is 3. The van der Waals surface area contributed by atoms with E-state index in [-0.39, 0.29) is 12.5 Å². The van der Waals surface area contributed by atoms with Crippen molar-refractivity contribution in [1.82, 2.24) is 20.0 Å². The first-order valence-electron chi connectivity index (χ1n) is 7.10. The maximum Gasteiger partial charge on any atom is 0.233 e. The molecule has 0 fully saturated rings. The molecule has 0 radical (unpaired) electrons. The number of carbonyl (C=O) groups is 1. The summed E-state index contributed by atoms with van der Waals surface area (Å²) in [6, 6.07) is 0. The molecule has 0 saturated carbocycles. The van der Waals surface area contributed by atoms with Crippen LogP contribution in [0.15, 0.2) is 0 Å². The molecule has 0 unspecified atom stereocenters. The van der Waals surface area contributed by atoms with Crippen LogP contribution in [-0.2, 0) is 17.9 Å². The molecule has 1 rings (SSSR count). The molecule has 0 aliphatic heterocycles. The molecule has 0 aliphatic carbocycles. The van der Waals surface area contributed by atoms with Crippen molar-refractivity contribution in [2.24, 2.45) is 0 Å². The average Bonchev–Trinajstić information content (AvgIpc) is 2.67. The number of nitrogens with one attached hydrogen (secondary N) is 1. The molecule has 1 amide bonds. The molecule has 0 saturated heterocycles. The summed E-state index contributed by atoms with van der Waals surface area (Å²) in [5.74, 6) is 0.0245. The van der Waals surface area contributed by atoms with E-state index in [1.165, 1.54) is 0 Å². The number of likely N-dealkylation sites (N-methyl/N-ethyl adjacent to an activating group) is 1. The number of aliphatic hydroxyl groups is 1. The Hall–Kier alpha value is -1.40. The van der Waals surface area contributed by atoms with Crippen molar-refractivity contribution in [3.05, 3.63) is 17.0 Å². The molecule has 6 heteroatoms. The van der Waals surface area contributed by atoms with Gasteiger partial charge in [0.1, 0.15) is 0 Å². The van der Waals surface area contributed by atoms with E-state index in [4.69, 9.17) is 5.11 Å². The van der Waals surface area contributed by atoms with E-state index in [0.717, 1.165) is 29.9 Å². The number of aromatic nitrogens is 2. The molecule has 0 spiro atoms. The second-order valence-corrected chi connectivity index (χ2v) is 4.98. The fourth-order valence-electron chi connectivity index (χ4n) is 2.31. The Balaban J connectivity index is 2.84. The highest BCUT2D eigenvalue weighted by atomic mass is 16.3. The number of rotatable bonds is 8.